The van der Waals surface area contributed by atoms with Gasteiger partial charge in [0, 0.05) is 33.4 Å². The smallest absolute Gasteiger partial charge is 0.146 e. The highest BCUT2D eigenvalue weighted by molar-refractivity contribution is 6.27. The molecule has 1 aliphatic rings. The van der Waals surface area contributed by atoms with E-state index < -0.39 is 0 Å². The van der Waals surface area contributed by atoms with Gasteiger partial charge in [0.05, 0.1) is 33.1 Å². The highest BCUT2D eigenvalue weighted by Crippen LogP contribution is 2.45. The van der Waals surface area contributed by atoms with Crippen molar-refractivity contribution in [3.63, 3.8) is 0 Å². The van der Waals surface area contributed by atoms with E-state index in [9.17, 15) is 0 Å². The monoisotopic (exact) mass is 522 g/mol. The van der Waals surface area contributed by atoms with Crippen molar-refractivity contribution in [1.82, 2.24) is 18.9 Å². The molecule has 0 aliphatic heterocycles. The van der Waals surface area contributed by atoms with Gasteiger partial charge in [0.15, 0.2) is 0 Å². The molecular formula is C37H22N4. The van der Waals surface area contributed by atoms with Crippen LogP contribution < -0.4 is 0 Å². The lowest BCUT2D eigenvalue weighted by molar-refractivity contribution is 1.18. The van der Waals surface area contributed by atoms with Crippen LogP contribution in [0.4, 0.5) is 0 Å². The van der Waals surface area contributed by atoms with Crippen molar-refractivity contribution in [3.8, 4) is 16.8 Å². The molecule has 10 rings (SSSR count). The normalized spacial score (nSPS) is 12.8. The quantitative estimate of drug-likeness (QED) is 0.202. The minimum Gasteiger partial charge on any atom is -0.309 e. The van der Waals surface area contributed by atoms with Crippen LogP contribution in [0.3, 0.4) is 0 Å². The van der Waals surface area contributed by atoms with Crippen molar-refractivity contribution in [2.45, 2.75) is 6.42 Å². The Labute approximate surface area is 234 Å². The van der Waals surface area contributed by atoms with Gasteiger partial charge < -0.3 is 4.57 Å². The second kappa shape index (κ2) is 7.58. The van der Waals surface area contributed by atoms with Crippen LogP contribution >= 0.6 is 0 Å². The highest BCUT2D eigenvalue weighted by Gasteiger charge is 2.24. The fourth-order valence-electron chi connectivity index (χ4n) is 7.23. The molecular weight excluding hydrogens is 500 g/mol. The molecule has 4 nitrogen and oxygen atoms in total. The van der Waals surface area contributed by atoms with Crippen molar-refractivity contribution in [1.29, 1.82) is 0 Å². The molecule has 0 N–H and O–H groups in total. The maximum atomic E-state index is 5.16. The van der Waals surface area contributed by atoms with Crippen LogP contribution in [0, 0.1) is 0 Å². The van der Waals surface area contributed by atoms with E-state index in [1.165, 1.54) is 44.1 Å². The third-order valence-electron chi connectivity index (χ3n) is 8.92. The number of fused-ring (bicyclic) bond motifs is 15. The lowest BCUT2D eigenvalue weighted by Crippen LogP contribution is -1.98. The Bertz CT molecular complexity index is 2550. The fraction of sp³-hybridized carbons (Fsp3) is 0.0270. The molecule has 0 spiro atoms. The topological polar surface area (TPSA) is 35.1 Å². The lowest BCUT2D eigenvalue weighted by Gasteiger charge is -2.13. The predicted molar refractivity (Wildman–Crippen MR) is 168 cm³/mol. The van der Waals surface area contributed by atoms with Crippen molar-refractivity contribution >= 4 is 60.3 Å². The Hall–Kier alpha value is -5.48. The second-order valence-corrected chi connectivity index (χ2v) is 11.0. The number of imidazole rings is 1. The van der Waals surface area contributed by atoms with Crippen molar-refractivity contribution < 1.29 is 0 Å². The number of nitrogens with zero attached hydrogens (tertiary/aromatic N) is 4. The molecule has 0 fully saturated rings. The Morgan fingerprint density at radius 3 is 2.34 bits per heavy atom. The molecule has 0 amide bonds. The summed E-state index contributed by atoms with van der Waals surface area (Å²) in [5.41, 5.74) is 14.1. The Balaban J connectivity index is 1.47. The fourth-order valence-corrected chi connectivity index (χ4v) is 7.23. The summed E-state index contributed by atoms with van der Waals surface area (Å²) in [4.78, 5) is 10.2. The molecule has 4 heteroatoms. The van der Waals surface area contributed by atoms with E-state index in [0.717, 1.165) is 50.6 Å². The molecule has 0 saturated heterocycles. The number of benzene rings is 5. The minimum atomic E-state index is 0.963. The first-order chi connectivity index (χ1) is 20.3. The van der Waals surface area contributed by atoms with Crippen LogP contribution in [-0.4, -0.2) is 18.9 Å². The molecule has 4 aromatic heterocycles. The van der Waals surface area contributed by atoms with E-state index >= 15 is 0 Å². The zero-order valence-electron chi connectivity index (χ0n) is 22.0. The van der Waals surface area contributed by atoms with E-state index in [4.69, 9.17) is 9.97 Å². The van der Waals surface area contributed by atoms with E-state index in [1.807, 2.05) is 12.3 Å². The van der Waals surface area contributed by atoms with Crippen molar-refractivity contribution in [2.75, 3.05) is 0 Å². The summed E-state index contributed by atoms with van der Waals surface area (Å²) >= 11 is 0. The van der Waals surface area contributed by atoms with Gasteiger partial charge in [0.25, 0.3) is 0 Å². The molecule has 0 unspecified atom stereocenters. The minimum absolute atomic E-state index is 0.963. The molecule has 0 atom stereocenters. The Morgan fingerprint density at radius 2 is 1.39 bits per heavy atom. The van der Waals surface area contributed by atoms with Gasteiger partial charge in [-0.15, -0.1) is 0 Å². The van der Waals surface area contributed by atoms with Crippen LogP contribution in [0.15, 0.2) is 121 Å². The zero-order valence-corrected chi connectivity index (χ0v) is 22.0. The summed E-state index contributed by atoms with van der Waals surface area (Å²) in [5.74, 6) is 0. The van der Waals surface area contributed by atoms with Gasteiger partial charge in [-0.25, -0.2) is 4.98 Å². The Kier molecular flexibility index (Phi) is 3.95. The SMILES string of the molecule is c1ccc(-n2c3cc4c(cc3c3ccc5c(c6ncccc6n6c7ccccc7nc56)c32)Cc2ccccc2-4)cc1. The summed E-state index contributed by atoms with van der Waals surface area (Å²) in [6.45, 7) is 0. The third-order valence-corrected chi connectivity index (χ3v) is 8.92. The summed E-state index contributed by atoms with van der Waals surface area (Å²) in [5, 5.41) is 4.76. The van der Waals surface area contributed by atoms with Gasteiger partial charge in [0.1, 0.15) is 5.65 Å². The molecule has 4 heterocycles. The van der Waals surface area contributed by atoms with Crippen LogP contribution in [0.5, 0.6) is 0 Å². The van der Waals surface area contributed by atoms with Gasteiger partial charge in [-0.3, -0.25) is 9.38 Å². The number of rotatable bonds is 1. The van der Waals surface area contributed by atoms with Gasteiger partial charge in [0.2, 0.25) is 0 Å². The van der Waals surface area contributed by atoms with E-state index in [1.54, 1.807) is 0 Å². The van der Waals surface area contributed by atoms with Gasteiger partial charge in [-0.1, -0.05) is 60.7 Å². The van der Waals surface area contributed by atoms with E-state index in [-0.39, 0.29) is 0 Å². The van der Waals surface area contributed by atoms with Gasteiger partial charge >= 0.3 is 0 Å². The molecule has 1 aliphatic carbocycles. The van der Waals surface area contributed by atoms with Crippen LogP contribution in [0.1, 0.15) is 11.1 Å². The van der Waals surface area contributed by atoms with Gasteiger partial charge in [-0.05, 0) is 83.3 Å². The van der Waals surface area contributed by atoms with Crippen LogP contribution in [0.2, 0.25) is 0 Å². The number of hydrogen-bond acceptors (Lipinski definition) is 2. The van der Waals surface area contributed by atoms with E-state index in [2.05, 4.69) is 118 Å². The molecule has 0 saturated carbocycles. The molecule has 41 heavy (non-hydrogen) atoms. The number of para-hydroxylation sites is 3. The standard InChI is InChI=1S/C37H22N4/c1-2-10-24(11-3-1)40-33-21-28-23(19-22-9-4-5-12-25(22)28)20-29(33)26-16-17-27-34(36(26)40)35-32(15-8-18-38-35)41-31-14-7-6-13-30(31)39-37(27)41/h1-18,20-21H,19H2. The third kappa shape index (κ3) is 2.69. The maximum Gasteiger partial charge on any atom is 0.146 e. The summed E-state index contributed by atoms with van der Waals surface area (Å²) in [6.07, 6.45) is 2.88. The molecule has 0 bridgehead atoms. The van der Waals surface area contributed by atoms with Crippen LogP contribution in [-0.2, 0) is 6.42 Å². The summed E-state index contributed by atoms with van der Waals surface area (Å²) in [7, 11) is 0. The van der Waals surface area contributed by atoms with Gasteiger partial charge in [-0.2, -0.15) is 0 Å². The number of aromatic nitrogens is 4. The lowest BCUT2D eigenvalue weighted by atomic mass is 10.0. The molecule has 190 valence electrons. The van der Waals surface area contributed by atoms with Crippen molar-refractivity contribution in [2.24, 2.45) is 0 Å². The first-order valence-corrected chi connectivity index (χ1v) is 14.1. The average molecular weight is 523 g/mol. The van der Waals surface area contributed by atoms with Crippen LogP contribution in [0.25, 0.3) is 77.1 Å². The molecule has 0 radical (unpaired) electrons. The largest absolute Gasteiger partial charge is 0.309 e. The Morgan fingerprint density at radius 1 is 0.585 bits per heavy atom. The number of hydrogen-bond donors (Lipinski definition) is 0. The maximum absolute atomic E-state index is 5.16. The van der Waals surface area contributed by atoms with E-state index in [0.29, 0.717) is 0 Å². The molecule has 5 aromatic carbocycles. The van der Waals surface area contributed by atoms with Crippen molar-refractivity contribution in [3.05, 3.63) is 133 Å². The predicted octanol–water partition coefficient (Wildman–Crippen LogP) is 8.86. The number of pyridine rings is 2. The average Bonchev–Trinajstić information content (AvgIpc) is 3.70. The summed E-state index contributed by atoms with van der Waals surface area (Å²) < 4.78 is 4.72. The second-order valence-electron chi connectivity index (χ2n) is 11.0. The highest BCUT2D eigenvalue weighted by atomic mass is 15.0. The first kappa shape index (κ1) is 21.4. The first-order valence-electron chi connectivity index (χ1n) is 14.1. The summed E-state index contributed by atoms with van der Waals surface area (Å²) in [6, 6.07) is 41.5. The molecule has 9 aromatic rings. The zero-order chi connectivity index (χ0) is 26.7.